The number of nitrogens with zero attached hydrogens (tertiary/aromatic N) is 2. The molecule has 0 radical (unpaired) electrons. The van der Waals surface area contributed by atoms with E-state index in [0.717, 1.165) is 34.1 Å². The van der Waals surface area contributed by atoms with Crippen LogP contribution in [0, 0.1) is 13.8 Å². The molecule has 0 aliphatic heterocycles. The van der Waals surface area contributed by atoms with Gasteiger partial charge in [-0.15, -0.1) is 0 Å². The van der Waals surface area contributed by atoms with E-state index in [1.807, 2.05) is 69.4 Å². The molecule has 1 aromatic heterocycles. The predicted octanol–water partition coefficient (Wildman–Crippen LogP) is 3.75. The monoisotopic (exact) mass is 426 g/mol. The van der Waals surface area contributed by atoms with E-state index in [-0.39, 0.29) is 6.61 Å². The molecule has 3 rings (SSSR count). The molecule has 0 aliphatic carbocycles. The molecule has 0 saturated carbocycles. The molecular formula is C24H30N2O5. The summed E-state index contributed by atoms with van der Waals surface area (Å²) in [5, 5.41) is 14.2. The van der Waals surface area contributed by atoms with Gasteiger partial charge in [-0.05, 0) is 62.9 Å². The topological polar surface area (TPSA) is 77.2 Å². The van der Waals surface area contributed by atoms with Crippen molar-refractivity contribution in [1.29, 1.82) is 0 Å². The Balaban J connectivity index is 1.41. The number of methoxy groups -OCH3 is 1. The Morgan fingerprint density at radius 3 is 2.19 bits per heavy atom. The Labute approximate surface area is 183 Å². The fraction of sp³-hybridized carbons (Fsp3) is 0.375. The van der Waals surface area contributed by atoms with Gasteiger partial charge in [0.2, 0.25) is 0 Å². The summed E-state index contributed by atoms with van der Waals surface area (Å²) in [6.45, 7) is 5.66. The second-order valence-corrected chi connectivity index (χ2v) is 7.57. The molecular weight excluding hydrogens is 396 g/mol. The number of hydrogen-bond acceptors (Lipinski definition) is 7. The van der Waals surface area contributed by atoms with Gasteiger partial charge in [-0.1, -0.05) is 17.3 Å². The molecule has 166 valence electrons. The van der Waals surface area contributed by atoms with Crippen molar-refractivity contribution in [2.24, 2.45) is 0 Å². The molecule has 0 aliphatic rings. The molecule has 1 unspecified atom stereocenters. The second kappa shape index (κ2) is 10.8. The third kappa shape index (κ3) is 6.73. The highest BCUT2D eigenvalue weighted by atomic mass is 16.5. The standard InChI is InChI=1S/C24H30N2O5/c1-17-24(18(2)31-25-17)16-30-22-7-5-19(6-8-22)13-26(3)14-20(27)15-29-23-11-9-21(28-4)10-12-23/h5-12,20,27H,13-16H2,1-4H3. The molecule has 0 bridgehead atoms. The maximum Gasteiger partial charge on any atom is 0.140 e. The SMILES string of the molecule is COc1ccc(OCC(O)CN(C)Cc2ccc(OCc3c(C)noc3C)cc2)cc1. The molecule has 7 nitrogen and oxygen atoms in total. The first-order valence-corrected chi connectivity index (χ1v) is 10.2. The van der Waals surface area contributed by atoms with Crippen molar-refractivity contribution >= 4 is 0 Å². The molecule has 0 spiro atoms. The minimum atomic E-state index is -0.593. The Bertz CT molecular complexity index is 918. The lowest BCUT2D eigenvalue weighted by Crippen LogP contribution is -2.32. The Kier molecular flexibility index (Phi) is 7.92. The summed E-state index contributed by atoms with van der Waals surface area (Å²) in [5.41, 5.74) is 2.97. The number of aliphatic hydroxyl groups is 1. The largest absolute Gasteiger partial charge is 0.497 e. The van der Waals surface area contributed by atoms with Gasteiger partial charge in [0, 0.05) is 13.1 Å². The maximum absolute atomic E-state index is 10.3. The zero-order valence-electron chi connectivity index (χ0n) is 18.5. The number of hydrogen-bond donors (Lipinski definition) is 1. The molecule has 0 fully saturated rings. The maximum atomic E-state index is 10.3. The van der Waals surface area contributed by atoms with E-state index in [4.69, 9.17) is 18.7 Å². The molecule has 1 N–H and O–H groups in total. The van der Waals surface area contributed by atoms with Crippen LogP contribution >= 0.6 is 0 Å². The fourth-order valence-corrected chi connectivity index (χ4v) is 3.21. The van der Waals surface area contributed by atoms with Gasteiger partial charge in [-0.2, -0.15) is 0 Å². The van der Waals surface area contributed by atoms with Crippen LogP contribution in [0.5, 0.6) is 17.2 Å². The first-order valence-electron chi connectivity index (χ1n) is 10.2. The first kappa shape index (κ1) is 22.7. The van der Waals surface area contributed by atoms with Crippen LogP contribution in [0.1, 0.15) is 22.6 Å². The Morgan fingerprint density at radius 1 is 0.968 bits per heavy atom. The van der Waals surface area contributed by atoms with Gasteiger partial charge >= 0.3 is 0 Å². The fourth-order valence-electron chi connectivity index (χ4n) is 3.21. The lowest BCUT2D eigenvalue weighted by Gasteiger charge is -2.21. The highest BCUT2D eigenvalue weighted by Gasteiger charge is 2.11. The quantitative estimate of drug-likeness (QED) is 0.500. The third-order valence-electron chi connectivity index (χ3n) is 4.96. The average Bonchev–Trinajstić information content (AvgIpc) is 3.09. The molecule has 1 heterocycles. The minimum Gasteiger partial charge on any atom is -0.497 e. The number of aryl methyl sites for hydroxylation is 2. The lowest BCUT2D eigenvalue weighted by atomic mass is 10.2. The van der Waals surface area contributed by atoms with Gasteiger partial charge in [0.05, 0.1) is 18.4 Å². The van der Waals surface area contributed by atoms with E-state index in [9.17, 15) is 5.11 Å². The van der Waals surface area contributed by atoms with Crippen molar-refractivity contribution in [1.82, 2.24) is 10.1 Å². The van der Waals surface area contributed by atoms with Gasteiger partial charge in [-0.25, -0.2) is 0 Å². The van der Waals surface area contributed by atoms with Gasteiger partial charge in [-0.3, -0.25) is 4.90 Å². The summed E-state index contributed by atoms with van der Waals surface area (Å²) in [6.07, 6.45) is -0.593. The van der Waals surface area contributed by atoms with Gasteiger partial charge in [0.15, 0.2) is 0 Å². The summed E-state index contributed by atoms with van der Waals surface area (Å²) in [5.74, 6) is 3.05. The Hall–Kier alpha value is -3.03. The molecule has 31 heavy (non-hydrogen) atoms. The number of benzene rings is 2. The number of rotatable bonds is 11. The van der Waals surface area contributed by atoms with Crippen LogP contribution in [0.4, 0.5) is 0 Å². The smallest absolute Gasteiger partial charge is 0.140 e. The van der Waals surface area contributed by atoms with Crippen molar-refractivity contribution in [3.63, 3.8) is 0 Å². The molecule has 0 amide bonds. The number of aromatic nitrogens is 1. The van der Waals surface area contributed by atoms with Crippen LogP contribution in [0.15, 0.2) is 53.1 Å². The number of aliphatic hydroxyl groups excluding tert-OH is 1. The summed E-state index contributed by atoms with van der Waals surface area (Å²) < 4.78 is 21.8. The molecule has 2 aromatic carbocycles. The Morgan fingerprint density at radius 2 is 1.58 bits per heavy atom. The summed E-state index contributed by atoms with van der Waals surface area (Å²) >= 11 is 0. The van der Waals surface area contributed by atoms with Crippen LogP contribution in [0.2, 0.25) is 0 Å². The zero-order chi connectivity index (χ0) is 22.2. The highest BCUT2D eigenvalue weighted by molar-refractivity contribution is 5.31. The van der Waals surface area contributed by atoms with Crippen molar-refractivity contribution in [3.05, 3.63) is 71.1 Å². The highest BCUT2D eigenvalue weighted by Crippen LogP contribution is 2.19. The first-order chi connectivity index (χ1) is 14.9. The van der Waals surface area contributed by atoms with Crippen molar-refractivity contribution in [2.75, 3.05) is 27.3 Å². The molecule has 7 heteroatoms. The van der Waals surface area contributed by atoms with E-state index < -0.39 is 6.10 Å². The second-order valence-electron chi connectivity index (χ2n) is 7.57. The van der Waals surface area contributed by atoms with Crippen LogP contribution in [-0.4, -0.2) is 48.6 Å². The van der Waals surface area contributed by atoms with Gasteiger partial charge in [0.1, 0.15) is 42.3 Å². The summed E-state index contributed by atoms with van der Waals surface area (Å²) in [4.78, 5) is 2.06. The minimum absolute atomic E-state index is 0.227. The van der Waals surface area contributed by atoms with Crippen LogP contribution in [0.25, 0.3) is 0 Å². The average molecular weight is 427 g/mol. The van der Waals surface area contributed by atoms with E-state index in [2.05, 4.69) is 10.1 Å². The van der Waals surface area contributed by atoms with Crippen molar-refractivity contribution < 1.29 is 23.8 Å². The van der Waals surface area contributed by atoms with Crippen molar-refractivity contribution in [2.45, 2.75) is 33.1 Å². The molecule has 1 atom stereocenters. The summed E-state index contributed by atoms with van der Waals surface area (Å²) in [7, 11) is 3.59. The number of likely N-dealkylation sites (N-methyl/N-ethyl adjacent to an activating group) is 1. The van der Waals surface area contributed by atoms with E-state index >= 15 is 0 Å². The number of ether oxygens (including phenoxy) is 3. The van der Waals surface area contributed by atoms with Crippen LogP contribution in [-0.2, 0) is 13.2 Å². The van der Waals surface area contributed by atoms with E-state index in [1.54, 1.807) is 7.11 Å². The van der Waals surface area contributed by atoms with Crippen LogP contribution in [0.3, 0.4) is 0 Å². The van der Waals surface area contributed by atoms with Gasteiger partial charge in [0.25, 0.3) is 0 Å². The normalized spacial score (nSPS) is 12.1. The zero-order valence-corrected chi connectivity index (χ0v) is 18.5. The summed E-state index contributed by atoms with van der Waals surface area (Å²) in [6, 6.07) is 15.3. The third-order valence-corrected chi connectivity index (χ3v) is 4.96. The van der Waals surface area contributed by atoms with Crippen LogP contribution < -0.4 is 14.2 Å². The van der Waals surface area contributed by atoms with Crippen molar-refractivity contribution in [3.8, 4) is 17.2 Å². The lowest BCUT2D eigenvalue weighted by molar-refractivity contribution is 0.0743. The molecule has 0 saturated heterocycles. The van der Waals surface area contributed by atoms with E-state index in [0.29, 0.717) is 25.4 Å². The van der Waals surface area contributed by atoms with E-state index in [1.165, 1.54) is 0 Å². The van der Waals surface area contributed by atoms with Gasteiger partial charge < -0.3 is 23.8 Å². The predicted molar refractivity (Wildman–Crippen MR) is 118 cm³/mol. The molecule has 3 aromatic rings.